The number of rotatable bonds is 4. The predicted molar refractivity (Wildman–Crippen MR) is 58.5 cm³/mol. The lowest BCUT2D eigenvalue weighted by Gasteiger charge is -2.10. The van der Waals surface area contributed by atoms with E-state index in [9.17, 15) is 32.9 Å². The van der Waals surface area contributed by atoms with Gasteiger partial charge >= 0.3 is 6.18 Å². The van der Waals surface area contributed by atoms with E-state index in [1.54, 1.807) is 0 Å². The lowest BCUT2D eigenvalue weighted by atomic mass is 10.00. The van der Waals surface area contributed by atoms with E-state index in [1.165, 1.54) is 0 Å². The predicted octanol–water partition coefficient (Wildman–Crippen LogP) is 2.85. The Labute approximate surface area is 109 Å². The van der Waals surface area contributed by atoms with E-state index in [4.69, 9.17) is 11.6 Å². The zero-order chi connectivity index (χ0) is 14.8. The first kappa shape index (κ1) is 15.1. The third-order valence-electron chi connectivity index (χ3n) is 2.22. The van der Waals surface area contributed by atoms with Crippen molar-refractivity contribution in [2.75, 3.05) is 5.88 Å². The number of nitrogens with zero attached hydrogens (tertiary/aromatic N) is 1. The van der Waals surface area contributed by atoms with E-state index in [2.05, 4.69) is 0 Å². The number of carbonyl (C=O) groups excluding carboxylic acids is 2. The largest absolute Gasteiger partial charge is 0.417 e. The number of nitro groups is 1. The molecule has 0 saturated carbocycles. The van der Waals surface area contributed by atoms with Crippen LogP contribution in [-0.2, 0) is 6.18 Å². The number of hydrogen-bond acceptors (Lipinski definition) is 4. The molecule has 102 valence electrons. The summed E-state index contributed by atoms with van der Waals surface area (Å²) in [6.45, 7) is 0. The van der Waals surface area contributed by atoms with Gasteiger partial charge in [0, 0.05) is 11.6 Å². The number of ketones is 1. The van der Waals surface area contributed by atoms with Crippen LogP contribution in [0.25, 0.3) is 0 Å². The molecule has 0 fully saturated rings. The van der Waals surface area contributed by atoms with Gasteiger partial charge in [0.15, 0.2) is 12.1 Å². The van der Waals surface area contributed by atoms with E-state index in [-0.39, 0.29) is 12.4 Å². The van der Waals surface area contributed by atoms with Crippen LogP contribution in [0.4, 0.5) is 18.9 Å². The van der Waals surface area contributed by atoms with Crippen molar-refractivity contribution in [2.24, 2.45) is 0 Å². The van der Waals surface area contributed by atoms with Gasteiger partial charge in [-0.3, -0.25) is 19.7 Å². The van der Waals surface area contributed by atoms with Crippen LogP contribution in [0.1, 0.15) is 26.3 Å². The molecule has 0 aliphatic rings. The van der Waals surface area contributed by atoms with Crippen molar-refractivity contribution >= 4 is 29.4 Å². The van der Waals surface area contributed by atoms with Crippen molar-refractivity contribution in [2.45, 2.75) is 6.18 Å². The number of carbonyl (C=O) groups is 2. The molecule has 1 rings (SSSR count). The fraction of sp³-hybridized carbons (Fsp3) is 0.200. The van der Waals surface area contributed by atoms with Gasteiger partial charge in [-0.15, -0.1) is 11.6 Å². The van der Waals surface area contributed by atoms with Gasteiger partial charge in [-0.2, -0.15) is 13.2 Å². The monoisotopic (exact) mass is 295 g/mol. The molecule has 0 amide bonds. The molecule has 0 aliphatic heterocycles. The van der Waals surface area contributed by atoms with Crippen molar-refractivity contribution < 1.29 is 27.7 Å². The smallest absolute Gasteiger partial charge is 0.298 e. The Balaban J connectivity index is 3.65. The maximum Gasteiger partial charge on any atom is 0.417 e. The molecule has 0 radical (unpaired) electrons. The average Bonchev–Trinajstić information content (AvgIpc) is 2.34. The minimum Gasteiger partial charge on any atom is -0.298 e. The zero-order valence-corrected chi connectivity index (χ0v) is 9.79. The number of halogens is 4. The maximum absolute atomic E-state index is 12.6. The van der Waals surface area contributed by atoms with Gasteiger partial charge < -0.3 is 0 Å². The standard InChI is InChI=1S/C10H5ClF3NO4/c11-3-9(17)6-1-5(4-16)7(10(12,13)14)2-8(6)15(18)19/h1-2,4H,3H2. The van der Waals surface area contributed by atoms with Crippen LogP contribution in [-0.4, -0.2) is 22.9 Å². The Morgan fingerprint density at radius 3 is 2.37 bits per heavy atom. The van der Waals surface area contributed by atoms with E-state index in [0.29, 0.717) is 6.07 Å². The summed E-state index contributed by atoms with van der Waals surface area (Å²) in [6, 6.07) is 0.683. The number of Topliss-reactive ketones (excluding diaryl/α,β-unsaturated/α-hetero) is 1. The number of nitro benzene ring substituents is 1. The third kappa shape index (κ3) is 3.08. The Morgan fingerprint density at radius 2 is 2.00 bits per heavy atom. The highest BCUT2D eigenvalue weighted by Crippen LogP contribution is 2.35. The van der Waals surface area contributed by atoms with Crippen LogP contribution in [0.5, 0.6) is 0 Å². The van der Waals surface area contributed by atoms with E-state index in [1.807, 2.05) is 0 Å². The molecule has 19 heavy (non-hydrogen) atoms. The second-order valence-electron chi connectivity index (χ2n) is 3.39. The molecule has 0 bridgehead atoms. The molecule has 0 unspecified atom stereocenters. The van der Waals surface area contributed by atoms with Crippen molar-refractivity contribution in [3.63, 3.8) is 0 Å². The molecule has 0 heterocycles. The Morgan fingerprint density at radius 1 is 1.42 bits per heavy atom. The van der Waals surface area contributed by atoms with E-state index in [0.717, 1.165) is 0 Å². The molecule has 9 heteroatoms. The summed E-state index contributed by atoms with van der Waals surface area (Å²) < 4.78 is 37.8. The van der Waals surface area contributed by atoms with Crippen molar-refractivity contribution in [3.05, 3.63) is 38.9 Å². The summed E-state index contributed by atoms with van der Waals surface area (Å²) in [4.78, 5) is 31.5. The Kier molecular flexibility index (Phi) is 4.25. The molecule has 0 atom stereocenters. The number of aldehydes is 1. The van der Waals surface area contributed by atoms with Crippen LogP contribution in [0.2, 0.25) is 0 Å². The number of hydrogen-bond donors (Lipinski definition) is 0. The van der Waals surface area contributed by atoms with E-state index >= 15 is 0 Å². The van der Waals surface area contributed by atoms with Gasteiger partial charge in [0.1, 0.15) is 0 Å². The van der Waals surface area contributed by atoms with Crippen molar-refractivity contribution in [1.29, 1.82) is 0 Å². The van der Waals surface area contributed by atoms with Gasteiger partial charge in [-0.1, -0.05) is 0 Å². The highest BCUT2D eigenvalue weighted by molar-refractivity contribution is 6.31. The van der Waals surface area contributed by atoms with Gasteiger partial charge in [0.05, 0.1) is 21.9 Å². The number of benzene rings is 1. The average molecular weight is 296 g/mol. The van der Waals surface area contributed by atoms with Crippen LogP contribution >= 0.6 is 11.6 Å². The van der Waals surface area contributed by atoms with Gasteiger partial charge in [-0.05, 0) is 6.07 Å². The van der Waals surface area contributed by atoms with Crippen LogP contribution in [0.3, 0.4) is 0 Å². The van der Waals surface area contributed by atoms with Gasteiger partial charge in [-0.25, -0.2) is 0 Å². The Bertz CT molecular complexity index is 556. The highest BCUT2D eigenvalue weighted by atomic mass is 35.5. The van der Waals surface area contributed by atoms with Crippen LogP contribution in [0, 0.1) is 10.1 Å². The molecule has 1 aromatic rings. The molecule has 5 nitrogen and oxygen atoms in total. The first-order valence-corrected chi connectivity index (χ1v) is 5.19. The topological polar surface area (TPSA) is 77.3 Å². The fourth-order valence-corrected chi connectivity index (χ4v) is 1.54. The minimum atomic E-state index is -4.94. The summed E-state index contributed by atoms with van der Waals surface area (Å²) in [7, 11) is 0. The quantitative estimate of drug-likeness (QED) is 0.281. The summed E-state index contributed by atoms with van der Waals surface area (Å²) in [6.07, 6.45) is -5.07. The SMILES string of the molecule is O=Cc1cc(C(=O)CCl)c([N+](=O)[O-])cc1C(F)(F)F. The molecule has 1 aromatic carbocycles. The number of alkyl halides is 4. The highest BCUT2D eigenvalue weighted by Gasteiger charge is 2.37. The summed E-state index contributed by atoms with van der Waals surface area (Å²) in [5.41, 5.74) is -3.99. The van der Waals surface area contributed by atoms with Gasteiger partial charge in [0.25, 0.3) is 5.69 Å². The molecule has 0 spiro atoms. The molecule has 0 N–H and O–H groups in total. The second-order valence-corrected chi connectivity index (χ2v) is 3.65. The third-order valence-corrected chi connectivity index (χ3v) is 2.46. The minimum absolute atomic E-state index is 0.127. The van der Waals surface area contributed by atoms with E-state index < -0.39 is 45.1 Å². The maximum atomic E-state index is 12.6. The van der Waals surface area contributed by atoms with Crippen LogP contribution < -0.4 is 0 Å². The van der Waals surface area contributed by atoms with Crippen molar-refractivity contribution in [1.82, 2.24) is 0 Å². The molecule has 0 saturated heterocycles. The summed E-state index contributed by atoms with van der Waals surface area (Å²) in [5, 5.41) is 10.7. The fourth-order valence-electron chi connectivity index (χ4n) is 1.39. The molecule has 0 aromatic heterocycles. The first-order valence-electron chi connectivity index (χ1n) is 4.66. The molecule has 0 aliphatic carbocycles. The Hall–Kier alpha value is -1.96. The van der Waals surface area contributed by atoms with Gasteiger partial charge in [0.2, 0.25) is 0 Å². The molecular weight excluding hydrogens is 291 g/mol. The van der Waals surface area contributed by atoms with Crippen LogP contribution in [0.15, 0.2) is 12.1 Å². The molecular formula is C10H5ClF3NO4. The zero-order valence-electron chi connectivity index (χ0n) is 9.03. The lowest BCUT2D eigenvalue weighted by molar-refractivity contribution is -0.385. The normalized spacial score (nSPS) is 11.2. The van der Waals surface area contributed by atoms with Crippen molar-refractivity contribution in [3.8, 4) is 0 Å². The summed E-state index contributed by atoms with van der Waals surface area (Å²) in [5.74, 6) is -1.59. The second kappa shape index (κ2) is 5.35. The lowest BCUT2D eigenvalue weighted by Crippen LogP contribution is -2.13. The summed E-state index contributed by atoms with van der Waals surface area (Å²) >= 11 is 5.21. The first-order chi connectivity index (χ1) is 8.72.